The fraction of sp³-hybridized carbons (Fsp3) is 0.176. The lowest BCUT2D eigenvalue weighted by molar-refractivity contribution is 0.102. The average molecular weight is 391 g/mol. The van der Waals surface area contributed by atoms with Crippen molar-refractivity contribution >= 4 is 38.9 Å². The van der Waals surface area contributed by atoms with Crippen LogP contribution in [0.2, 0.25) is 0 Å². The van der Waals surface area contributed by atoms with Crippen LogP contribution in [0, 0.1) is 20.8 Å². The smallest absolute Gasteiger partial charge is 0.261 e. The van der Waals surface area contributed by atoms with Gasteiger partial charge in [0.25, 0.3) is 5.91 Å². The number of aromatic nitrogens is 1. The molecule has 3 rings (SSSR count). The van der Waals surface area contributed by atoms with E-state index in [2.05, 4.69) is 26.4 Å². The molecule has 0 saturated carbocycles. The van der Waals surface area contributed by atoms with Gasteiger partial charge in [0, 0.05) is 5.69 Å². The number of halogens is 1. The summed E-state index contributed by atoms with van der Waals surface area (Å²) in [7, 11) is 0. The number of carbonyl (C=O) groups is 1. The lowest BCUT2D eigenvalue weighted by Gasteiger charge is -2.11. The first-order chi connectivity index (χ1) is 11.0. The van der Waals surface area contributed by atoms with E-state index >= 15 is 0 Å². The molecule has 0 aliphatic rings. The Morgan fingerprint density at radius 3 is 2.48 bits per heavy atom. The van der Waals surface area contributed by atoms with Crippen molar-refractivity contribution in [3.8, 4) is 10.6 Å². The van der Waals surface area contributed by atoms with Crippen LogP contribution in [0.25, 0.3) is 10.6 Å². The SMILES string of the molecule is Cc1cccc(C)c1NC(=O)c1c(-c2ccc(Br)s2)noc1C. The molecule has 2 aromatic heterocycles. The minimum atomic E-state index is -0.208. The van der Waals surface area contributed by atoms with Gasteiger partial charge < -0.3 is 9.84 Å². The molecule has 4 nitrogen and oxygen atoms in total. The van der Waals surface area contributed by atoms with E-state index in [1.165, 1.54) is 11.3 Å². The fourth-order valence-corrected chi connectivity index (χ4v) is 3.81. The summed E-state index contributed by atoms with van der Waals surface area (Å²) in [5.74, 6) is 0.300. The quantitative estimate of drug-likeness (QED) is 0.656. The fourth-order valence-electron chi connectivity index (χ4n) is 2.44. The Bertz CT molecular complexity index is 862. The Hall–Kier alpha value is -1.92. The summed E-state index contributed by atoms with van der Waals surface area (Å²) in [6.07, 6.45) is 0. The molecule has 23 heavy (non-hydrogen) atoms. The third-order valence-corrected chi connectivity index (χ3v) is 5.25. The van der Waals surface area contributed by atoms with E-state index in [9.17, 15) is 4.79 Å². The maximum atomic E-state index is 12.8. The molecule has 0 atom stereocenters. The van der Waals surface area contributed by atoms with Crippen LogP contribution in [-0.2, 0) is 0 Å². The van der Waals surface area contributed by atoms with Crippen molar-refractivity contribution in [1.29, 1.82) is 0 Å². The van der Waals surface area contributed by atoms with Gasteiger partial charge in [-0.15, -0.1) is 11.3 Å². The molecule has 0 saturated heterocycles. The van der Waals surface area contributed by atoms with Crippen LogP contribution in [-0.4, -0.2) is 11.1 Å². The summed E-state index contributed by atoms with van der Waals surface area (Å²) in [6.45, 7) is 5.69. The molecular formula is C17H15BrN2O2S. The Morgan fingerprint density at radius 2 is 1.87 bits per heavy atom. The first-order valence-corrected chi connectivity index (χ1v) is 8.68. The summed E-state index contributed by atoms with van der Waals surface area (Å²) in [5.41, 5.74) is 3.92. The van der Waals surface area contributed by atoms with Crippen molar-refractivity contribution in [2.24, 2.45) is 0 Å². The zero-order valence-electron chi connectivity index (χ0n) is 12.9. The lowest BCUT2D eigenvalue weighted by Crippen LogP contribution is -2.15. The summed E-state index contributed by atoms with van der Waals surface area (Å²) in [6, 6.07) is 9.76. The zero-order chi connectivity index (χ0) is 16.6. The molecule has 3 aromatic rings. The molecule has 1 N–H and O–H groups in total. The minimum Gasteiger partial charge on any atom is -0.360 e. The van der Waals surface area contributed by atoms with Crippen molar-refractivity contribution in [3.63, 3.8) is 0 Å². The molecule has 1 amide bonds. The Labute approximate surface area is 146 Å². The highest BCUT2D eigenvalue weighted by molar-refractivity contribution is 9.11. The molecule has 0 unspecified atom stereocenters. The van der Waals surface area contributed by atoms with Crippen LogP contribution >= 0.6 is 27.3 Å². The predicted molar refractivity (Wildman–Crippen MR) is 96.1 cm³/mol. The highest BCUT2D eigenvalue weighted by Crippen LogP contribution is 2.34. The maximum absolute atomic E-state index is 12.8. The second kappa shape index (κ2) is 6.29. The standard InChI is InChI=1S/C17H15BrN2O2S/c1-9-5-4-6-10(2)15(9)19-17(21)14-11(3)22-20-16(14)12-7-8-13(18)23-12/h4-8H,1-3H3,(H,19,21). The van der Waals surface area contributed by atoms with Gasteiger partial charge in [0.1, 0.15) is 17.0 Å². The molecule has 2 heterocycles. The summed E-state index contributed by atoms with van der Waals surface area (Å²) >= 11 is 4.94. The van der Waals surface area contributed by atoms with Gasteiger partial charge in [-0.25, -0.2) is 0 Å². The Balaban J connectivity index is 1.99. The molecule has 6 heteroatoms. The topological polar surface area (TPSA) is 55.1 Å². The number of aryl methyl sites for hydroxylation is 3. The minimum absolute atomic E-state index is 0.208. The molecule has 1 aromatic carbocycles. The van der Waals surface area contributed by atoms with Gasteiger partial charge in [0.2, 0.25) is 0 Å². The van der Waals surface area contributed by atoms with Crippen molar-refractivity contribution in [2.45, 2.75) is 20.8 Å². The van der Waals surface area contributed by atoms with Crippen LogP contribution in [0.15, 0.2) is 38.6 Å². The van der Waals surface area contributed by atoms with E-state index in [1.807, 2.05) is 44.2 Å². The van der Waals surface area contributed by atoms with E-state index in [0.29, 0.717) is 17.0 Å². The normalized spacial score (nSPS) is 10.8. The number of hydrogen-bond donors (Lipinski definition) is 1. The number of anilines is 1. The van der Waals surface area contributed by atoms with Crippen molar-refractivity contribution < 1.29 is 9.32 Å². The van der Waals surface area contributed by atoms with Gasteiger partial charge in [-0.05, 0) is 60.0 Å². The highest BCUT2D eigenvalue weighted by atomic mass is 79.9. The second-order valence-electron chi connectivity index (χ2n) is 5.29. The molecule has 0 aliphatic carbocycles. The summed E-state index contributed by atoms with van der Waals surface area (Å²) in [4.78, 5) is 13.7. The summed E-state index contributed by atoms with van der Waals surface area (Å²) in [5, 5.41) is 7.05. The third-order valence-electron chi connectivity index (χ3n) is 3.62. The van der Waals surface area contributed by atoms with Gasteiger partial charge >= 0.3 is 0 Å². The predicted octanol–water partition coefficient (Wildman–Crippen LogP) is 5.34. The first-order valence-electron chi connectivity index (χ1n) is 7.07. The number of amides is 1. The average Bonchev–Trinajstić information content (AvgIpc) is 3.09. The summed E-state index contributed by atoms with van der Waals surface area (Å²) < 4.78 is 6.24. The molecule has 0 radical (unpaired) electrons. The van der Waals surface area contributed by atoms with Gasteiger partial charge in [0.15, 0.2) is 0 Å². The molecule has 0 fully saturated rings. The number of thiophene rings is 1. The second-order valence-corrected chi connectivity index (χ2v) is 7.75. The Morgan fingerprint density at radius 1 is 1.17 bits per heavy atom. The van der Waals surface area contributed by atoms with Gasteiger partial charge in [0.05, 0.1) is 8.66 Å². The largest absolute Gasteiger partial charge is 0.360 e. The zero-order valence-corrected chi connectivity index (χ0v) is 15.3. The number of rotatable bonds is 3. The van der Waals surface area contributed by atoms with Crippen LogP contribution < -0.4 is 5.32 Å². The molecule has 0 bridgehead atoms. The van der Waals surface area contributed by atoms with E-state index < -0.39 is 0 Å². The Kier molecular flexibility index (Phi) is 4.37. The number of benzene rings is 1. The van der Waals surface area contributed by atoms with Gasteiger partial charge in [-0.3, -0.25) is 4.79 Å². The maximum Gasteiger partial charge on any atom is 0.261 e. The van der Waals surface area contributed by atoms with E-state index in [1.54, 1.807) is 6.92 Å². The number of para-hydroxylation sites is 1. The lowest BCUT2D eigenvalue weighted by atomic mass is 10.1. The van der Waals surface area contributed by atoms with Crippen molar-refractivity contribution in [1.82, 2.24) is 5.16 Å². The highest BCUT2D eigenvalue weighted by Gasteiger charge is 2.23. The number of nitrogens with zero attached hydrogens (tertiary/aromatic N) is 1. The number of carbonyl (C=O) groups excluding carboxylic acids is 1. The molecule has 0 aliphatic heterocycles. The molecule has 0 spiro atoms. The monoisotopic (exact) mass is 390 g/mol. The molecule has 118 valence electrons. The van der Waals surface area contributed by atoms with Gasteiger partial charge in [-0.1, -0.05) is 23.4 Å². The van der Waals surface area contributed by atoms with Gasteiger partial charge in [-0.2, -0.15) is 0 Å². The van der Waals surface area contributed by atoms with E-state index in [-0.39, 0.29) is 5.91 Å². The third kappa shape index (κ3) is 3.09. The first kappa shape index (κ1) is 16.0. The molecular weight excluding hydrogens is 376 g/mol. The van der Waals surface area contributed by atoms with E-state index in [0.717, 1.165) is 25.5 Å². The number of hydrogen-bond acceptors (Lipinski definition) is 4. The van der Waals surface area contributed by atoms with Crippen LogP contribution in [0.5, 0.6) is 0 Å². The van der Waals surface area contributed by atoms with Crippen LogP contribution in [0.1, 0.15) is 27.2 Å². The number of nitrogens with one attached hydrogen (secondary N) is 1. The van der Waals surface area contributed by atoms with Crippen molar-refractivity contribution in [3.05, 3.63) is 56.6 Å². The van der Waals surface area contributed by atoms with E-state index in [4.69, 9.17) is 4.52 Å². The van der Waals surface area contributed by atoms with Crippen LogP contribution in [0.4, 0.5) is 5.69 Å². The van der Waals surface area contributed by atoms with Crippen LogP contribution in [0.3, 0.4) is 0 Å². The van der Waals surface area contributed by atoms with Crippen molar-refractivity contribution in [2.75, 3.05) is 5.32 Å².